The van der Waals surface area contributed by atoms with Crippen molar-refractivity contribution in [3.05, 3.63) is 34.3 Å². The zero-order valence-electron chi connectivity index (χ0n) is 9.38. The van der Waals surface area contributed by atoms with Crippen molar-refractivity contribution in [3.63, 3.8) is 0 Å². The van der Waals surface area contributed by atoms with Crippen LogP contribution >= 0.6 is 24.0 Å². The molecule has 0 radical (unpaired) electrons. The summed E-state index contributed by atoms with van der Waals surface area (Å²) < 4.78 is 37.7. The molecule has 0 amide bonds. The summed E-state index contributed by atoms with van der Waals surface area (Å²) in [7, 11) is 0. The molecule has 1 aromatic rings. The summed E-state index contributed by atoms with van der Waals surface area (Å²) in [4.78, 5) is 0. The van der Waals surface area contributed by atoms with Gasteiger partial charge in [-0.2, -0.15) is 13.2 Å². The van der Waals surface area contributed by atoms with E-state index in [-0.39, 0.29) is 23.3 Å². The molecule has 0 fully saturated rings. The first-order valence-corrected chi connectivity index (χ1v) is 5.24. The fraction of sp³-hybridized carbons (Fsp3) is 0.455. The van der Waals surface area contributed by atoms with E-state index in [1.165, 1.54) is 12.1 Å². The second-order valence-corrected chi connectivity index (χ2v) is 4.35. The average Bonchev–Trinajstić information content (AvgIpc) is 2.15. The lowest BCUT2D eigenvalue weighted by Gasteiger charge is -2.19. The summed E-state index contributed by atoms with van der Waals surface area (Å²) in [6.45, 7) is 3.67. The minimum absolute atomic E-state index is 0. The Balaban J connectivity index is 0.00000256. The van der Waals surface area contributed by atoms with Crippen molar-refractivity contribution in [2.45, 2.75) is 26.1 Å². The van der Waals surface area contributed by atoms with Gasteiger partial charge < -0.3 is 5.73 Å². The molecule has 0 heterocycles. The molecule has 0 bridgehead atoms. The van der Waals surface area contributed by atoms with Gasteiger partial charge in [-0.15, -0.1) is 12.4 Å². The van der Waals surface area contributed by atoms with Crippen molar-refractivity contribution in [2.24, 2.45) is 11.7 Å². The standard InChI is InChI=1S/C11H13ClF3N.ClH/c1-6(2)10(16)7-4-3-5-8(9(7)12)11(13,14)15;/h3-6,10H,16H2,1-2H3;1H. The van der Waals surface area contributed by atoms with E-state index in [0.29, 0.717) is 5.56 Å². The fourth-order valence-electron chi connectivity index (χ4n) is 1.39. The summed E-state index contributed by atoms with van der Waals surface area (Å²) in [5.74, 6) is 0.0287. The Morgan fingerprint density at radius 2 is 1.76 bits per heavy atom. The largest absolute Gasteiger partial charge is 0.417 e. The van der Waals surface area contributed by atoms with Crippen molar-refractivity contribution < 1.29 is 13.2 Å². The lowest BCUT2D eigenvalue weighted by molar-refractivity contribution is -0.137. The summed E-state index contributed by atoms with van der Waals surface area (Å²) in [6.07, 6.45) is -4.44. The van der Waals surface area contributed by atoms with Crippen LogP contribution in [0.3, 0.4) is 0 Å². The van der Waals surface area contributed by atoms with E-state index < -0.39 is 17.8 Å². The molecule has 98 valence electrons. The number of hydrogen-bond donors (Lipinski definition) is 1. The third-order valence-corrected chi connectivity index (χ3v) is 2.83. The van der Waals surface area contributed by atoms with Crippen molar-refractivity contribution in [2.75, 3.05) is 0 Å². The van der Waals surface area contributed by atoms with Crippen LogP contribution in [0.4, 0.5) is 13.2 Å². The SMILES string of the molecule is CC(C)C(N)c1cccc(C(F)(F)F)c1Cl.Cl. The maximum absolute atomic E-state index is 12.6. The van der Waals surface area contributed by atoms with Crippen molar-refractivity contribution in [3.8, 4) is 0 Å². The summed E-state index contributed by atoms with van der Waals surface area (Å²) in [5.41, 5.74) is 5.31. The Kier molecular flexibility index (Phi) is 5.78. The highest BCUT2D eigenvalue weighted by atomic mass is 35.5. The van der Waals surface area contributed by atoms with Crippen LogP contribution in [0.15, 0.2) is 18.2 Å². The highest BCUT2D eigenvalue weighted by Crippen LogP contribution is 2.38. The number of benzene rings is 1. The topological polar surface area (TPSA) is 26.0 Å². The second kappa shape index (κ2) is 5.94. The highest BCUT2D eigenvalue weighted by molar-refractivity contribution is 6.32. The van der Waals surface area contributed by atoms with E-state index in [1.807, 2.05) is 13.8 Å². The van der Waals surface area contributed by atoms with Gasteiger partial charge in [-0.1, -0.05) is 37.6 Å². The van der Waals surface area contributed by atoms with Gasteiger partial charge in [-0.25, -0.2) is 0 Å². The third-order valence-electron chi connectivity index (χ3n) is 2.41. The molecule has 0 aliphatic rings. The van der Waals surface area contributed by atoms with Crippen LogP contribution in [0.2, 0.25) is 5.02 Å². The molecule has 1 aromatic carbocycles. The Bertz CT molecular complexity index is 377. The van der Waals surface area contributed by atoms with Crippen LogP contribution in [0.1, 0.15) is 31.0 Å². The molecule has 0 aliphatic carbocycles. The normalized spacial score (nSPS) is 13.4. The van der Waals surface area contributed by atoms with Gasteiger partial charge in [0.1, 0.15) is 0 Å². The summed E-state index contributed by atoms with van der Waals surface area (Å²) >= 11 is 5.73. The van der Waals surface area contributed by atoms with Crippen LogP contribution < -0.4 is 5.73 Å². The molecule has 0 saturated heterocycles. The zero-order chi connectivity index (χ0) is 12.5. The van der Waals surface area contributed by atoms with Crippen molar-refractivity contribution >= 4 is 24.0 Å². The molecule has 6 heteroatoms. The van der Waals surface area contributed by atoms with Crippen LogP contribution in [0.5, 0.6) is 0 Å². The summed E-state index contributed by atoms with van der Waals surface area (Å²) in [5, 5.41) is -0.295. The van der Waals surface area contributed by atoms with E-state index in [9.17, 15) is 13.2 Å². The zero-order valence-corrected chi connectivity index (χ0v) is 11.0. The van der Waals surface area contributed by atoms with Gasteiger partial charge in [-0.05, 0) is 17.5 Å². The van der Waals surface area contributed by atoms with Gasteiger partial charge >= 0.3 is 6.18 Å². The van der Waals surface area contributed by atoms with Crippen molar-refractivity contribution in [1.82, 2.24) is 0 Å². The van der Waals surface area contributed by atoms with Gasteiger partial charge in [-0.3, -0.25) is 0 Å². The predicted octanol–water partition coefficient (Wildman–Crippen LogP) is 4.44. The molecular formula is C11H14Cl2F3N. The Morgan fingerprint density at radius 1 is 1.24 bits per heavy atom. The monoisotopic (exact) mass is 287 g/mol. The molecule has 0 aromatic heterocycles. The Hall–Kier alpha value is -0.450. The molecular weight excluding hydrogens is 274 g/mol. The predicted molar refractivity (Wildman–Crippen MR) is 65.5 cm³/mol. The maximum Gasteiger partial charge on any atom is 0.417 e. The first-order chi connectivity index (χ1) is 7.25. The quantitative estimate of drug-likeness (QED) is 0.855. The maximum atomic E-state index is 12.6. The van der Waals surface area contributed by atoms with Gasteiger partial charge in [0, 0.05) is 6.04 Å². The van der Waals surface area contributed by atoms with Crippen LogP contribution in [-0.4, -0.2) is 0 Å². The van der Waals surface area contributed by atoms with Gasteiger partial charge in [0.2, 0.25) is 0 Å². The number of alkyl halides is 3. The second-order valence-electron chi connectivity index (χ2n) is 3.98. The minimum Gasteiger partial charge on any atom is -0.324 e. The van der Waals surface area contributed by atoms with Gasteiger partial charge in [0.15, 0.2) is 0 Å². The highest BCUT2D eigenvalue weighted by Gasteiger charge is 2.34. The first-order valence-electron chi connectivity index (χ1n) is 4.86. The number of rotatable bonds is 2. The lowest BCUT2D eigenvalue weighted by Crippen LogP contribution is -2.18. The smallest absolute Gasteiger partial charge is 0.324 e. The lowest BCUT2D eigenvalue weighted by atomic mass is 9.95. The van der Waals surface area contributed by atoms with E-state index in [0.717, 1.165) is 6.07 Å². The molecule has 17 heavy (non-hydrogen) atoms. The molecule has 2 N–H and O–H groups in total. The average molecular weight is 288 g/mol. The molecule has 0 aliphatic heterocycles. The number of halogens is 5. The first kappa shape index (κ1) is 16.6. The molecule has 1 nitrogen and oxygen atoms in total. The van der Waals surface area contributed by atoms with Gasteiger partial charge in [0.25, 0.3) is 0 Å². The van der Waals surface area contributed by atoms with E-state index in [1.54, 1.807) is 0 Å². The van der Waals surface area contributed by atoms with Crippen LogP contribution in [-0.2, 0) is 6.18 Å². The minimum atomic E-state index is -4.44. The van der Waals surface area contributed by atoms with E-state index in [4.69, 9.17) is 17.3 Å². The Morgan fingerprint density at radius 3 is 2.18 bits per heavy atom. The molecule has 0 spiro atoms. The summed E-state index contributed by atoms with van der Waals surface area (Å²) in [6, 6.07) is 3.32. The Labute approximate surface area is 110 Å². The van der Waals surface area contributed by atoms with Gasteiger partial charge in [0.05, 0.1) is 10.6 Å². The van der Waals surface area contributed by atoms with E-state index in [2.05, 4.69) is 0 Å². The molecule has 1 unspecified atom stereocenters. The fourth-order valence-corrected chi connectivity index (χ4v) is 1.74. The van der Waals surface area contributed by atoms with E-state index >= 15 is 0 Å². The van der Waals surface area contributed by atoms with Crippen molar-refractivity contribution in [1.29, 1.82) is 0 Å². The molecule has 1 atom stereocenters. The number of nitrogens with two attached hydrogens (primary N) is 1. The van der Waals surface area contributed by atoms with Crippen LogP contribution in [0, 0.1) is 5.92 Å². The third kappa shape index (κ3) is 3.76. The van der Waals surface area contributed by atoms with Crippen LogP contribution in [0.25, 0.3) is 0 Å². The molecule has 1 rings (SSSR count). The molecule has 0 saturated carbocycles. The number of hydrogen-bond acceptors (Lipinski definition) is 1.